The molecular formula is C26H27N7O3. The summed E-state index contributed by atoms with van der Waals surface area (Å²) >= 11 is 0. The van der Waals surface area contributed by atoms with Gasteiger partial charge in [0.1, 0.15) is 5.65 Å². The minimum Gasteiger partial charge on any atom is -0.461 e. The number of H-pyrrole nitrogens is 1. The Morgan fingerprint density at radius 1 is 1.11 bits per heavy atom. The number of hydrogen-bond donors (Lipinski definition) is 2. The van der Waals surface area contributed by atoms with Gasteiger partial charge in [-0.2, -0.15) is 5.10 Å². The van der Waals surface area contributed by atoms with Gasteiger partial charge in [-0.25, -0.2) is 14.8 Å². The van der Waals surface area contributed by atoms with Crippen LogP contribution in [-0.4, -0.2) is 61.0 Å². The lowest BCUT2D eigenvalue weighted by Gasteiger charge is -2.15. The maximum absolute atomic E-state index is 12.7. The largest absolute Gasteiger partial charge is 0.461 e. The minimum absolute atomic E-state index is 0.0575. The molecule has 1 amide bonds. The molecule has 2 N–H and O–H groups in total. The molecule has 36 heavy (non-hydrogen) atoms. The maximum atomic E-state index is 12.7. The van der Waals surface area contributed by atoms with E-state index in [1.165, 1.54) is 12.8 Å². The molecule has 3 aromatic heterocycles. The van der Waals surface area contributed by atoms with Crippen LogP contribution < -0.4 is 5.32 Å². The molecule has 0 atom stereocenters. The molecule has 184 valence electrons. The lowest BCUT2D eigenvalue weighted by molar-refractivity contribution is 0.0520. The smallest absolute Gasteiger partial charge is 0.358 e. The van der Waals surface area contributed by atoms with Crippen molar-refractivity contribution in [2.45, 2.75) is 38.5 Å². The van der Waals surface area contributed by atoms with Crippen molar-refractivity contribution in [1.29, 1.82) is 0 Å². The van der Waals surface area contributed by atoms with Crippen molar-refractivity contribution in [1.82, 2.24) is 29.5 Å². The molecule has 2 aliphatic rings. The van der Waals surface area contributed by atoms with Gasteiger partial charge in [-0.15, -0.1) is 0 Å². The van der Waals surface area contributed by atoms with Crippen LogP contribution in [0.4, 0.5) is 11.8 Å². The van der Waals surface area contributed by atoms with Crippen molar-refractivity contribution < 1.29 is 14.3 Å². The van der Waals surface area contributed by atoms with Gasteiger partial charge in [-0.3, -0.25) is 14.3 Å². The molecule has 10 heteroatoms. The molecule has 4 heterocycles. The van der Waals surface area contributed by atoms with Gasteiger partial charge >= 0.3 is 5.97 Å². The van der Waals surface area contributed by atoms with Gasteiger partial charge in [-0.1, -0.05) is 12.1 Å². The van der Waals surface area contributed by atoms with Gasteiger partial charge in [0.25, 0.3) is 5.91 Å². The third kappa shape index (κ3) is 4.30. The lowest BCUT2D eigenvalue weighted by Crippen LogP contribution is -2.27. The van der Waals surface area contributed by atoms with Crippen LogP contribution in [0.25, 0.3) is 16.9 Å². The third-order valence-corrected chi connectivity index (χ3v) is 6.61. The Balaban J connectivity index is 1.35. The molecule has 0 unspecified atom stereocenters. The summed E-state index contributed by atoms with van der Waals surface area (Å²) in [7, 11) is 0. The van der Waals surface area contributed by atoms with Gasteiger partial charge in [0.2, 0.25) is 5.95 Å². The molecule has 6 rings (SSSR count). The Labute approximate surface area is 207 Å². The number of carbonyl (C=O) groups excluding carboxylic acids is 2. The number of hydrogen-bond acceptors (Lipinski definition) is 7. The van der Waals surface area contributed by atoms with Gasteiger partial charge in [0, 0.05) is 54.2 Å². The predicted molar refractivity (Wildman–Crippen MR) is 133 cm³/mol. The summed E-state index contributed by atoms with van der Waals surface area (Å²) in [5.74, 6) is 1.21. The highest BCUT2D eigenvalue weighted by molar-refractivity contribution is 5.95. The predicted octanol–water partition coefficient (Wildman–Crippen LogP) is 4.15. The molecule has 2 fully saturated rings. The van der Waals surface area contributed by atoms with E-state index in [0.29, 0.717) is 34.6 Å². The van der Waals surface area contributed by atoms with E-state index in [9.17, 15) is 9.59 Å². The maximum Gasteiger partial charge on any atom is 0.358 e. The summed E-state index contributed by atoms with van der Waals surface area (Å²) in [4.78, 5) is 36.3. The van der Waals surface area contributed by atoms with Gasteiger partial charge < -0.3 is 15.0 Å². The summed E-state index contributed by atoms with van der Waals surface area (Å²) in [5.41, 5.74) is 3.99. The summed E-state index contributed by atoms with van der Waals surface area (Å²) in [6, 6.07) is 11.2. The molecule has 0 radical (unpaired) electrons. The molecule has 0 spiro atoms. The Morgan fingerprint density at radius 3 is 2.61 bits per heavy atom. The number of esters is 1. The number of aromatic nitrogens is 5. The van der Waals surface area contributed by atoms with Gasteiger partial charge in [0.05, 0.1) is 12.3 Å². The standard InChI is InChI=1S/C26H27N7O3/c1-2-36-25(35)21-15-33-23(27-21)14-19(28-26(33)29-22-13-20(30-31-22)17-5-6-17)16-7-9-18(10-8-16)24(34)32-11-3-4-12-32/h7-10,13-15,17H,2-6,11-12H2,1H3,(H2,28,29,30,31). The van der Waals surface area contributed by atoms with E-state index in [1.807, 2.05) is 41.3 Å². The summed E-state index contributed by atoms with van der Waals surface area (Å²) in [6.07, 6.45) is 6.05. The number of fused-ring (bicyclic) bond motifs is 1. The number of anilines is 2. The van der Waals surface area contributed by atoms with Crippen LogP contribution in [0.15, 0.2) is 42.6 Å². The van der Waals surface area contributed by atoms with Crippen LogP contribution >= 0.6 is 0 Å². The average molecular weight is 486 g/mol. The SMILES string of the molecule is CCOC(=O)c1cn2c(Nc3cc(C4CC4)[nH]n3)nc(-c3ccc(C(=O)N4CCCC4)cc3)cc2n1. The van der Waals surface area contributed by atoms with E-state index in [-0.39, 0.29) is 18.2 Å². The molecule has 1 saturated carbocycles. The molecule has 4 aromatic rings. The second-order valence-electron chi connectivity index (χ2n) is 9.22. The summed E-state index contributed by atoms with van der Waals surface area (Å²) in [5, 5.41) is 10.7. The molecular weight excluding hydrogens is 458 g/mol. The first-order valence-corrected chi connectivity index (χ1v) is 12.4. The monoisotopic (exact) mass is 485 g/mol. The number of ether oxygens (including phenoxy) is 1. The van der Waals surface area contributed by atoms with Crippen molar-refractivity contribution in [3.63, 3.8) is 0 Å². The second-order valence-corrected chi connectivity index (χ2v) is 9.22. The first kappa shape index (κ1) is 22.3. The summed E-state index contributed by atoms with van der Waals surface area (Å²) < 4.78 is 6.85. The molecule has 10 nitrogen and oxygen atoms in total. The highest BCUT2D eigenvalue weighted by atomic mass is 16.5. The third-order valence-electron chi connectivity index (χ3n) is 6.61. The number of amides is 1. The Morgan fingerprint density at radius 2 is 1.89 bits per heavy atom. The Hall–Kier alpha value is -4.21. The van der Waals surface area contributed by atoms with Crippen LogP contribution in [0.2, 0.25) is 0 Å². The van der Waals surface area contributed by atoms with Crippen LogP contribution in [0.5, 0.6) is 0 Å². The number of nitrogens with zero attached hydrogens (tertiary/aromatic N) is 5. The number of benzene rings is 1. The molecule has 1 aromatic carbocycles. The van der Waals surface area contributed by atoms with Crippen molar-refractivity contribution >= 4 is 29.3 Å². The zero-order valence-electron chi connectivity index (χ0n) is 20.0. The molecule has 0 bridgehead atoms. The van der Waals surface area contributed by atoms with Crippen molar-refractivity contribution in [2.75, 3.05) is 25.0 Å². The second kappa shape index (κ2) is 9.10. The van der Waals surface area contributed by atoms with Crippen LogP contribution in [0, 0.1) is 0 Å². The fraction of sp³-hybridized carbons (Fsp3) is 0.346. The van der Waals surface area contributed by atoms with E-state index < -0.39 is 5.97 Å². The van der Waals surface area contributed by atoms with E-state index >= 15 is 0 Å². The van der Waals surface area contributed by atoms with E-state index in [1.54, 1.807) is 17.5 Å². The van der Waals surface area contributed by atoms with E-state index in [4.69, 9.17) is 9.72 Å². The highest BCUT2D eigenvalue weighted by Crippen LogP contribution is 2.39. The minimum atomic E-state index is -0.491. The van der Waals surface area contributed by atoms with Gasteiger partial charge in [-0.05, 0) is 44.7 Å². The van der Waals surface area contributed by atoms with E-state index in [2.05, 4.69) is 20.5 Å². The Bertz CT molecular complexity index is 1430. The Kier molecular flexibility index (Phi) is 5.63. The number of carbonyl (C=O) groups is 2. The normalized spacial score (nSPS) is 15.4. The fourth-order valence-corrected chi connectivity index (χ4v) is 4.53. The van der Waals surface area contributed by atoms with Crippen molar-refractivity contribution in [3.05, 3.63) is 59.5 Å². The van der Waals surface area contributed by atoms with E-state index in [0.717, 1.165) is 37.2 Å². The lowest BCUT2D eigenvalue weighted by atomic mass is 10.1. The zero-order chi connectivity index (χ0) is 24.6. The van der Waals surface area contributed by atoms with Crippen LogP contribution in [-0.2, 0) is 4.74 Å². The topological polar surface area (TPSA) is 118 Å². The number of nitrogens with one attached hydrogen (secondary N) is 2. The number of rotatable bonds is 7. The zero-order valence-corrected chi connectivity index (χ0v) is 20.0. The fourth-order valence-electron chi connectivity index (χ4n) is 4.53. The molecule has 1 aliphatic carbocycles. The number of likely N-dealkylation sites (tertiary alicyclic amines) is 1. The number of imidazole rings is 1. The van der Waals surface area contributed by atoms with Crippen molar-refractivity contribution in [2.24, 2.45) is 0 Å². The van der Waals surface area contributed by atoms with Crippen LogP contribution in [0.1, 0.15) is 65.1 Å². The first-order valence-electron chi connectivity index (χ1n) is 12.4. The quantitative estimate of drug-likeness (QED) is 0.378. The molecule has 1 saturated heterocycles. The van der Waals surface area contributed by atoms with Gasteiger partial charge in [0.15, 0.2) is 11.5 Å². The summed E-state index contributed by atoms with van der Waals surface area (Å²) in [6.45, 7) is 3.65. The first-order chi connectivity index (χ1) is 17.6. The van der Waals surface area contributed by atoms with Crippen LogP contribution in [0.3, 0.4) is 0 Å². The van der Waals surface area contributed by atoms with Crippen molar-refractivity contribution in [3.8, 4) is 11.3 Å². The highest BCUT2D eigenvalue weighted by Gasteiger charge is 2.26. The molecule has 1 aliphatic heterocycles. The number of aromatic amines is 1. The average Bonchev–Trinajstić information content (AvgIpc) is 3.28.